The van der Waals surface area contributed by atoms with Gasteiger partial charge in [-0.15, -0.1) is 11.3 Å². The van der Waals surface area contributed by atoms with Gasteiger partial charge in [-0.25, -0.2) is 0 Å². The van der Waals surface area contributed by atoms with Crippen LogP contribution in [0.3, 0.4) is 0 Å². The maximum Gasteiger partial charge on any atom is 0.173 e. The average Bonchev–Trinajstić information content (AvgIpc) is 2.75. The molecule has 1 aliphatic rings. The predicted molar refractivity (Wildman–Crippen MR) is 69.2 cm³/mol. The van der Waals surface area contributed by atoms with E-state index in [-0.39, 0.29) is 0 Å². The Labute approximate surface area is 102 Å². The van der Waals surface area contributed by atoms with Gasteiger partial charge in [0.25, 0.3) is 0 Å². The minimum Gasteiger partial charge on any atom is -0.487 e. The summed E-state index contributed by atoms with van der Waals surface area (Å²) < 4.78 is 5.20. The summed E-state index contributed by atoms with van der Waals surface area (Å²) in [6.45, 7) is 3.33. The highest BCUT2D eigenvalue weighted by Crippen LogP contribution is 2.29. The van der Waals surface area contributed by atoms with E-state index in [1.54, 1.807) is 18.4 Å². The highest BCUT2D eigenvalue weighted by Gasteiger charge is 2.25. The fourth-order valence-corrected chi connectivity index (χ4v) is 3.13. The maximum atomic E-state index is 5.20. The first-order valence-electron chi connectivity index (χ1n) is 6.10. The molecule has 0 unspecified atom stereocenters. The summed E-state index contributed by atoms with van der Waals surface area (Å²) in [6, 6.07) is 4.20. The van der Waals surface area contributed by atoms with E-state index in [1.165, 1.54) is 37.0 Å². The van der Waals surface area contributed by atoms with E-state index in [9.17, 15) is 0 Å². The van der Waals surface area contributed by atoms with Crippen molar-refractivity contribution in [1.82, 2.24) is 5.32 Å². The van der Waals surface area contributed by atoms with Crippen LogP contribution >= 0.6 is 11.3 Å². The Morgan fingerprint density at radius 3 is 2.69 bits per heavy atom. The zero-order valence-electron chi connectivity index (χ0n) is 10.2. The van der Waals surface area contributed by atoms with Gasteiger partial charge in [0.15, 0.2) is 5.06 Å². The van der Waals surface area contributed by atoms with Gasteiger partial charge in [0, 0.05) is 17.0 Å². The second-order valence-electron chi connectivity index (χ2n) is 4.90. The number of thiophene rings is 1. The van der Waals surface area contributed by atoms with Crippen LogP contribution in [-0.2, 0) is 6.54 Å². The fourth-order valence-electron chi connectivity index (χ4n) is 2.37. The van der Waals surface area contributed by atoms with Gasteiger partial charge in [-0.05, 0) is 31.9 Å². The van der Waals surface area contributed by atoms with Gasteiger partial charge >= 0.3 is 0 Å². The maximum absolute atomic E-state index is 5.20. The molecule has 0 spiro atoms. The summed E-state index contributed by atoms with van der Waals surface area (Å²) in [4.78, 5) is 1.36. The van der Waals surface area contributed by atoms with E-state index < -0.39 is 0 Å². The van der Waals surface area contributed by atoms with Crippen LogP contribution in [0, 0.1) is 0 Å². The number of hydrogen-bond acceptors (Lipinski definition) is 3. The van der Waals surface area contributed by atoms with Crippen molar-refractivity contribution >= 4 is 11.3 Å². The standard InChI is InChI=1S/C13H21NOS/c1-13(8-4-3-5-9-13)14-10-11-6-7-12(15-2)16-11/h6-7,14H,3-5,8-10H2,1-2H3. The molecule has 2 nitrogen and oxygen atoms in total. The number of ether oxygens (including phenoxy) is 1. The summed E-state index contributed by atoms with van der Waals surface area (Å²) in [5, 5.41) is 4.71. The Hall–Kier alpha value is -0.540. The topological polar surface area (TPSA) is 21.3 Å². The van der Waals surface area contributed by atoms with E-state index in [0.29, 0.717) is 5.54 Å². The molecule has 0 atom stereocenters. The molecule has 1 fully saturated rings. The Balaban J connectivity index is 1.86. The van der Waals surface area contributed by atoms with E-state index in [0.717, 1.165) is 11.6 Å². The first kappa shape index (κ1) is 11.9. The Morgan fingerprint density at radius 1 is 1.31 bits per heavy atom. The van der Waals surface area contributed by atoms with Crippen LogP contribution in [0.25, 0.3) is 0 Å². The Morgan fingerprint density at radius 2 is 2.06 bits per heavy atom. The van der Waals surface area contributed by atoms with Crippen LogP contribution < -0.4 is 10.1 Å². The summed E-state index contributed by atoms with van der Waals surface area (Å²) in [6.07, 6.45) is 6.78. The molecular weight excluding hydrogens is 218 g/mol. The monoisotopic (exact) mass is 239 g/mol. The molecule has 16 heavy (non-hydrogen) atoms. The molecule has 1 aliphatic carbocycles. The van der Waals surface area contributed by atoms with E-state index in [4.69, 9.17) is 4.74 Å². The van der Waals surface area contributed by atoms with Crippen molar-refractivity contribution < 1.29 is 4.74 Å². The molecule has 1 N–H and O–H groups in total. The molecule has 0 amide bonds. The van der Waals surface area contributed by atoms with Crippen LogP contribution in [0.1, 0.15) is 43.9 Å². The van der Waals surface area contributed by atoms with Crippen LogP contribution in [0.15, 0.2) is 12.1 Å². The molecule has 1 heterocycles. The third-order valence-electron chi connectivity index (χ3n) is 3.48. The van der Waals surface area contributed by atoms with E-state index >= 15 is 0 Å². The van der Waals surface area contributed by atoms with Gasteiger partial charge in [-0.1, -0.05) is 19.3 Å². The predicted octanol–water partition coefficient (Wildman–Crippen LogP) is 3.57. The first-order chi connectivity index (χ1) is 7.72. The minimum absolute atomic E-state index is 0.357. The third-order valence-corrected chi connectivity index (χ3v) is 4.53. The molecule has 2 rings (SSSR count). The van der Waals surface area contributed by atoms with Gasteiger partial charge in [0.2, 0.25) is 0 Å². The highest BCUT2D eigenvalue weighted by atomic mass is 32.1. The second-order valence-corrected chi connectivity index (χ2v) is 6.03. The van der Waals surface area contributed by atoms with Crippen LogP contribution in [0.5, 0.6) is 5.06 Å². The van der Waals surface area contributed by atoms with Crippen molar-refractivity contribution in [2.24, 2.45) is 0 Å². The SMILES string of the molecule is COc1ccc(CNC2(C)CCCCC2)s1. The summed E-state index contributed by atoms with van der Waals surface area (Å²) in [7, 11) is 1.73. The van der Waals surface area contributed by atoms with E-state index in [1.807, 2.05) is 6.07 Å². The molecule has 1 aromatic rings. The van der Waals surface area contributed by atoms with Crippen LogP contribution in [0.2, 0.25) is 0 Å². The lowest BCUT2D eigenvalue weighted by atomic mass is 9.83. The quantitative estimate of drug-likeness (QED) is 0.867. The summed E-state index contributed by atoms with van der Waals surface area (Å²) in [5.41, 5.74) is 0.357. The summed E-state index contributed by atoms with van der Waals surface area (Å²) >= 11 is 1.74. The molecule has 3 heteroatoms. The van der Waals surface area contributed by atoms with Gasteiger partial charge in [-0.2, -0.15) is 0 Å². The van der Waals surface area contributed by atoms with Crippen LogP contribution in [0.4, 0.5) is 0 Å². The van der Waals surface area contributed by atoms with Crippen molar-refractivity contribution in [3.63, 3.8) is 0 Å². The normalized spacial score (nSPS) is 19.6. The van der Waals surface area contributed by atoms with Gasteiger partial charge in [-0.3, -0.25) is 0 Å². The lowest BCUT2D eigenvalue weighted by Crippen LogP contribution is -2.43. The zero-order valence-corrected chi connectivity index (χ0v) is 11.0. The summed E-state index contributed by atoms with van der Waals surface area (Å²) in [5.74, 6) is 0. The molecule has 0 bridgehead atoms. The number of nitrogens with one attached hydrogen (secondary N) is 1. The molecule has 0 saturated heterocycles. The van der Waals surface area contributed by atoms with Crippen molar-refractivity contribution in [3.8, 4) is 5.06 Å². The Bertz CT molecular complexity index is 328. The lowest BCUT2D eigenvalue weighted by molar-refractivity contribution is 0.253. The fraction of sp³-hybridized carbons (Fsp3) is 0.692. The number of hydrogen-bond donors (Lipinski definition) is 1. The number of rotatable bonds is 4. The zero-order chi connectivity index (χ0) is 11.4. The van der Waals surface area contributed by atoms with Crippen LogP contribution in [-0.4, -0.2) is 12.6 Å². The second kappa shape index (κ2) is 5.19. The average molecular weight is 239 g/mol. The first-order valence-corrected chi connectivity index (χ1v) is 6.91. The molecule has 0 radical (unpaired) electrons. The van der Waals surface area contributed by atoms with Crippen molar-refractivity contribution in [2.75, 3.05) is 7.11 Å². The molecule has 0 aromatic carbocycles. The molecule has 1 saturated carbocycles. The minimum atomic E-state index is 0.357. The Kier molecular flexibility index (Phi) is 3.87. The van der Waals surface area contributed by atoms with Gasteiger partial charge in [0.1, 0.15) is 0 Å². The van der Waals surface area contributed by atoms with Gasteiger partial charge < -0.3 is 10.1 Å². The lowest BCUT2D eigenvalue weighted by Gasteiger charge is -2.34. The largest absolute Gasteiger partial charge is 0.487 e. The molecule has 1 aromatic heterocycles. The molecule has 0 aliphatic heterocycles. The van der Waals surface area contributed by atoms with Gasteiger partial charge in [0.05, 0.1) is 7.11 Å². The van der Waals surface area contributed by atoms with Crippen molar-refractivity contribution in [1.29, 1.82) is 0 Å². The number of methoxy groups -OCH3 is 1. The molecular formula is C13H21NOS. The van der Waals surface area contributed by atoms with E-state index in [2.05, 4.69) is 18.3 Å². The van der Waals surface area contributed by atoms with Crippen molar-refractivity contribution in [3.05, 3.63) is 17.0 Å². The smallest absolute Gasteiger partial charge is 0.173 e. The van der Waals surface area contributed by atoms with Crippen molar-refractivity contribution in [2.45, 2.75) is 51.1 Å². The highest BCUT2D eigenvalue weighted by molar-refractivity contribution is 7.13. The molecule has 90 valence electrons. The third kappa shape index (κ3) is 2.98.